The van der Waals surface area contributed by atoms with Crippen LogP contribution in [0, 0.1) is 0 Å². The molecular weight excluding hydrogens is 269 g/mol. The molecule has 2 rings (SSSR count). The summed E-state index contributed by atoms with van der Waals surface area (Å²) in [4.78, 5) is 2.14. The second-order valence-corrected chi connectivity index (χ2v) is 4.99. The summed E-state index contributed by atoms with van der Waals surface area (Å²) >= 11 is 11.9. The van der Waals surface area contributed by atoms with Crippen LogP contribution < -0.4 is 4.90 Å². The Labute approximate surface area is 117 Å². The van der Waals surface area contributed by atoms with Crippen LogP contribution in [0.2, 0.25) is 5.02 Å². The van der Waals surface area contributed by atoms with Crippen LogP contribution in [0.1, 0.15) is 11.1 Å². The van der Waals surface area contributed by atoms with Gasteiger partial charge in [-0.3, -0.25) is 4.68 Å². The van der Waals surface area contributed by atoms with Crippen molar-refractivity contribution in [2.45, 2.75) is 12.4 Å². The first-order valence-electron chi connectivity index (χ1n) is 5.63. The van der Waals surface area contributed by atoms with Crippen LogP contribution >= 0.6 is 23.2 Å². The molecule has 0 radical (unpaired) electrons. The minimum atomic E-state index is 0.452. The molecule has 2 aromatic rings. The first-order valence-corrected chi connectivity index (χ1v) is 6.54. The Hall–Kier alpha value is -1.19. The van der Waals surface area contributed by atoms with Gasteiger partial charge in [-0.25, -0.2) is 0 Å². The summed E-state index contributed by atoms with van der Waals surface area (Å²) in [6.07, 6.45) is 3.87. The summed E-state index contributed by atoms with van der Waals surface area (Å²) < 4.78 is 1.80. The van der Waals surface area contributed by atoms with E-state index in [1.165, 1.54) is 0 Å². The average Bonchev–Trinajstić information content (AvgIpc) is 2.74. The number of anilines is 1. The molecule has 0 saturated heterocycles. The minimum absolute atomic E-state index is 0.452. The Morgan fingerprint density at radius 2 is 2.17 bits per heavy atom. The lowest BCUT2D eigenvalue weighted by Gasteiger charge is -2.21. The van der Waals surface area contributed by atoms with Crippen LogP contribution in [-0.4, -0.2) is 16.8 Å². The van der Waals surface area contributed by atoms with Gasteiger partial charge in [0.1, 0.15) is 0 Å². The van der Waals surface area contributed by atoms with E-state index in [4.69, 9.17) is 23.2 Å². The van der Waals surface area contributed by atoms with Crippen molar-refractivity contribution >= 4 is 28.9 Å². The van der Waals surface area contributed by atoms with Crippen molar-refractivity contribution in [2.24, 2.45) is 7.05 Å². The van der Waals surface area contributed by atoms with Crippen molar-refractivity contribution in [3.05, 3.63) is 46.7 Å². The van der Waals surface area contributed by atoms with Gasteiger partial charge < -0.3 is 4.90 Å². The largest absolute Gasteiger partial charge is 0.370 e. The SMILES string of the molecule is CN(Cc1cnn(C)c1)c1ccc(Cl)cc1CCl. The molecule has 96 valence electrons. The van der Waals surface area contributed by atoms with Crippen molar-refractivity contribution < 1.29 is 0 Å². The summed E-state index contributed by atoms with van der Waals surface area (Å²) in [6, 6.07) is 5.78. The van der Waals surface area contributed by atoms with Gasteiger partial charge >= 0.3 is 0 Å². The van der Waals surface area contributed by atoms with E-state index < -0.39 is 0 Å². The van der Waals surface area contributed by atoms with E-state index in [-0.39, 0.29) is 0 Å². The van der Waals surface area contributed by atoms with Crippen LogP contribution in [-0.2, 0) is 19.5 Å². The third kappa shape index (κ3) is 2.98. The van der Waals surface area contributed by atoms with Gasteiger partial charge in [-0.1, -0.05) is 11.6 Å². The summed E-state index contributed by atoms with van der Waals surface area (Å²) in [7, 11) is 3.95. The molecule has 0 N–H and O–H groups in total. The number of halogens is 2. The molecule has 3 nitrogen and oxygen atoms in total. The summed E-state index contributed by atoms with van der Waals surface area (Å²) in [6.45, 7) is 0.791. The standard InChI is InChI=1S/C13H15Cl2N3/c1-17(8-10-7-16-18(2)9-10)13-4-3-12(15)5-11(13)6-14/h3-5,7,9H,6,8H2,1-2H3. The Kier molecular flexibility index (Phi) is 4.15. The maximum atomic E-state index is 5.97. The summed E-state index contributed by atoms with van der Waals surface area (Å²) in [5.74, 6) is 0.452. The minimum Gasteiger partial charge on any atom is -0.370 e. The van der Waals surface area contributed by atoms with E-state index in [2.05, 4.69) is 10.00 Å². The lowest BCUT2D eigenvalue weighted by atomic mass is 10.1. The van der Waals surface area contributed by atoms with Crippen LogP contribution in [0.25, 0.3) is 0 Å². The molecule has 1 aromatic heterocycles. The van der Waals surface area contributed by atoms with Crippen molar-refractivity contribution in [2.75, 3.05) is 11.9 Å². The molecule has 0 unspecified atom stereocenters. The highest BCUT2D eigenvalue weighted by Crippen LogP contribution is 2.26. The molecule has 1 heterocycles. The van der Waals surface area contributed by atoms with Crippen LogP contribution in [0.4, 0.5) is 5.69 Å². The zero-order chi connectivity index (χ0) is 13.1. The van der Waals surface area contributed by atoms with E-state index in [9.17, 15) is 0 Å². The molecule has 0 fully saturated rings. The normalized spacial score (nSPS) is 10.7. The van der Waals surface area contributed by atoms with Gasteiger partial charge in [-0.15, -0.1) is 11.6 Å². The number of alkyl halides is 1. The zero-order valence-electron chi connectivity index (χ0n) is 10.4. The fraction of sp³-hybridized carbons (Fsp3) is 0.308. The van der Waals surface area contributed by atoms with E-state index in [1.807, 2.05) is 44.7 Å². The Morgan fingerprint density at radius 3 is 2.78 bits per heavy atom. The van der Waals surface area contributed by atoms with Crippen molar-refractivity contribution in [3.63, 3.8) is 0 Å². The molecule has 0 aliphatic rings. The van der Waals surface area contributed by atoms with Gasteiger partial charge in [0, 0.05) is 49.0 Å². The molecule has 0 atom stereocenters. The number of aryl methyl sites for hydroxylation is 1. The topological polar surface area (TPSA) is 21.1 Å². The smallest absolute Gasteiger partial charge is 0.0539 e. The molecule has 0 aliphatic heterocycles. The molecule has 0 amide bonds. The Morgan fingerprint density at radius 1 is 1.39 bits per heavy atom. The van der Waals surface area contributed by atoms with Gasteiger partial charge in [0.2, 0.25) is 0 Å². The molecule has 0 saturated carbocycles. The molecular formula is C13H15Cl2N3. The Balaban J connectivity index is 2.20. The molecule has 0 aliphatic carbocycles. The van der Waals surface area contributed by atoms with Crippen LogP contribution in [0.5, 0.6) is 0 Å². The van der Waals surface area contributed by atoms with E-state index in [0.29, 0.717) is 10.9 Å². The molecule has 5 heteroatoms. The summed E-state index contributed by atoms with van der Waals surface area (Å²) in [5, 5.41) is 4.88. The number of aromatic nitrogens is 2. The first-order chi connectivity index (χ1) is 8.60. The maximum absolute atomic E-state index is 5.97. The van der Waals surface area contributed by atoms with Crippen molar-refractivity contribution in [3.8, 4) is 0 Å². The number of hydrogen-bond donors (Lipinski definition) is 0. The van der Waals surface area contributed by atoms with Gasteiger partial charge in [-0.05, 0) is 23.8 Å². The average molecular weight is 284 g/mol. The fourth-order valence-electron chi connectivity index (χ4n) is 1.95. The van der Waals surface area contributed by atoms with Crippen LogP contribution in [0.3, 0.4) is 0 Å². The Bertz CT molecular complexity index is 537. The lowest BCUT2D eigenvalue weighted by molar-refractivity contribution is 0.766. The van der Waals surface area contributed by atoms with Crippen LogP contribution in [0.15, 0.2) is 30.6 Å². The molecule has 0 bridgehead atoms. The van der Waals surface area contributed by atoms with E-state index >= 15 is 0 Å². The second-order valence-electron chi connectivity index (χ2n) is 4.28. The van der Waals surface area contributed by atoms with Crippen molar-refractivity contribution in [1.29, 1.82) is 0 Å². The third-order valence-corrected chi connectivity index (χ3v) is 3.30. The zero-order valence-corrected chi connectivity index (χ0v) is 11.9. The van der Waals surface area contributed by atoms with Gasteiger partial charge in [-0.2, -0.15) is 5.10 Å². The van der Waals surface area contributed by atoms with Gasteiger partial charge in [0.05, 0.1) is 6.20 Å². The highest BCUT2D eigenvalue weighted by Gasteiger charge is 2.09. The number of rotatable bonds is 4. The monoisotopic (exact) mass is 283 g/mol. The highest BCUT2D eigenvalue weighted by atomic mass is 35.5. The van der Waals surface area contributed by atoms with Crippen molar-refractivity contribution in [1.82, 2.24) is 9.78 Å². The number of benzene rings is 1. The van der Waals surface area contributed by atoms with Gasteiger partial charge in [0.25, 0.3) is 0 Å². The quantitative estimate of drug-likeness (QED) is 0.802. The molecule has 18 heavy (non-hydrogen) atoms. The lowest BCUT2D eigenvalue weighted by Crippen LogP contribution is -2.17. The van der Waals surface area contributed by atoms with Gasteiger partial charge in [0.15, 0.2) is 0 Å². The third-order valence-electron chi connectivity index (χ3n) is 2.77. The predicted molar refractivity (Wildman–Crippen MR) is 76.3 cm³/mol. The fourth-order valence-corrected chi connectivity index (χ4v) is 2.35. The molecule has 0 spiro atoms. The number of nitrogens with zero attached hydrogens (tertiary/aromatic N) is 3. The maximum Gasteiger partial charge on any atom is 0.0539 e. The first kappa shape index (κ1) is 13.2. The highest BCUT2D eigenvalue weighted by molar-refractivity contribution is 6.30. The van der Waals surface area contributed by atoms with E-state index in [1.54, 1.807) is 4.68 Å². The molecule has 1 aromatic carbocycles. The summed E-state index contributed by atoms with van der Waals surface area (Å²) in [5.41, 5.74) is 3.30. The predicted octanol–water partition coefficient (Wildman–Crippen LogP) is 3.45. The number of hydrogen-bond acceptors (Lipinski definition) is 2. The van der Waals surface area contributed by atoms with E-state index in [0.717, 1.165) is 23.4 Å². The second kappa shape index (κ2) is 5.63.